The zero-order valence-electron chi connectivity index (χ0n) is 14.3. The van der Waals surface area contributed by atoms with E-state index in [1.807, 2.05) is 12.1 Å². The number of benzene rings is 1. The lowest BCUT2D eigenvalue weighted by molar-refractivity contribution is -0.127. The molecule has 0 aliphatic heterocycles. The molecule has 0 spiro atoms. The molecule has 0 aromatic heterocycles. The smallest absolute Gasteiger partial charge is 0.243 e. The predicted octanol–water partition coefficient (Wildman–Crippen LogP) is 2.46. The Balaban J connectivity index is 0.00000264. The molecule has 1 aromatic rings. The molecule has 6 heteroatoms. The number of hydrogen-bond acceptors (Lipinski definition) is 2. The van der Waals surface area contributed by atoms with Gasteiger partial charge >= 0.3 is 0 Å². The molecule has 1 fully saturated rings. The zero-order valence-corrected chi connectivity index (χ0v) is 16.6. The first kappa shape index (κ1) is 19.7. The van der Waals surface area contributed by atoms with Crippen LogP contribution in [0.25, 0.3) is 0 Å². The van der Waals surface area contributed by atoms with Crippen molar-refractivity contribution in [3.63, 3.8) is 0 Å². The number of aryl methyl sites for hydroxylation is 1. The average molecular weight is 430 g/mol. The first-order chi connectivity index (χ1) is 10.5. The lowest BCUT2D eigenvalue weighted by Gasteiger charge is -2.20. The molecule has 1 amide bonds. The van der Waals surface area contributed by atoms with Gasteiger partial charge in [0.25, 0.3) is 0 Å². The predicted molar refractivity (Wildman–Crippen MR) is 105 cm³/mol. The summed E-state index contributed by atoms with van der Waals surface area (Å²) in [5.41, 5.74) is 2.49. The molecule has 0 radical (unpaired) electrons. The van der Waals surface area contributed by atoms with Gasteiger partial charge in [0.15, 0.2) is 5.96 Å². The third kappa shape index (κ3) is 6.37. The second-order valence-corrected chi connectivity index (χ2v) is 6.09. The molecular weight excluding hydrogens is 403 g/mol. The summed E-state index contributed by atoms with van der Waals surface area (Å²) < 4.78 is 0. The van der Waals surface area contributed by atoms with Gasteiger partial charge in [-0.3, -0.25) is 4.79 Å². The molecule has 2 N–H and O–H groups in total. The normalized spacial score (nSPS) is 15.4. The summed E-state index contributed by atoms with van der Waals surface area (Å²) in [5, 5.41) is 6.78. The van der Waals surface area contributed by atoms with Crippen molar-refractivity contribution in [2.75, 3.05) is 20.6 Å². The molecule has 5 nitrogen and oxygen atoms in total. The van der Waals surface area contributed by atoms with Gasteiger partial charge in [0.1, 0.15) is 6.54 Å². The van der Waals surface area contributed by atoms with Crippen molar-refractivity contribution in [1.82, 2.24) is 15.5 Å². The van der Waals surface area contributed by atoms with E-state index in [4.69, 9.17) is 0 Å². The average Bonchev–Trinajstić information content (AvgIpc) is 3.28. The van der Waals surface area contributed by atoms with Gasteiger partial charge in [0.05, 0.1) is 6.04 Å². The number of amides is 1. The fourth-order valence-electron chi connectivity index (χ4n) is 2.20. The summed E-state index contributed by atoms with van der Waals surface area (Å²) >= 11 is 0. The van der Waals surface area contributed by atoms with Crippen molar-refractivity contribution in [1.29, 1.82) is 0 Å². The molecule has 128 valence electrons. The minimum absolute atomic E-state index is 0. The van der Waals surface area contributed by atoms with E-state index in [-0.39, 0.29) is 42.5 Å². The van der Waals surface area contributed by atoms with Crippen LogP contribution >= 0.6 is 24.0 Å². The molecule has 1 aliphatic carbocycles. The highest BCUT2D eigenvalue weighted by Gasteiger charge is 2.23. The molecular formula is C17H27IN4O. The number of carbonyl (C=O) groups excluding carboxylic acids is 1. The molecule has 1 atom stereocenters. The monoisotopic (exact) mass is 430 g/mol. The Morgan fingerprint density at radius 2 is 2.00 bits per heavy atom. The van der Waals surface area contributed by atoms with Gasteiger partial charge in [-0.25, -0.2) is 4.99 Å². The summed E-state index contributed by atoms with van der Waals surface area (Å²) in [6.45, 7) is 4.38. The maximum Gasteiger partial charge on any atom is 0.243 e. The van der Waals surface area contributed by atoms with Gasteiger partial charge in [-0.1, -0.05) is 24.3 Å². The lowest BCUT2D eigenvalue weighted by Crippen LogP contribution is -2.41. The fraction of sp³-hybridized carbons (Fsp3) is 0.529. The first-order valence-electron chi connectivity index (χ1n) is 7.80. The molecule has 1 unspecified atom stereocenters. The third-order valence-electron chi connectivity index (χ3n) is 3.80. The second-order valence-electron chi connectivity index (χ2n) is 6.09. The maximum atomic E-state index is 11.7. The van der Waals surface area contributed by atoms with E-state index in [1.54, 1.807) is 19.0 Å². The van der Waals surface area contributed by atoms with Crippen molar-refractivity contribution in [2.24, 2.45) is 4.99 Å². The number of guanidine groups is 1. The molecule has 1 aliphatic rings. The van der Waals surface area contributed by atoms with Crippen LogP contribution in [0.15, 0.2) is 29.3 Å². The summed E-state index contributed by atoms with van der Waals surface area (Å²) in [6, 6.07) is 8.94. The van der Waals surface area contributed by atoms with Crippen LogP contribution in [0, 0.1) is 6.92 Å². The number of nitrogens with one attached hydrogen (secondary N) is 2. The molecule has 0 heterocycles. The summed E-state index contributed by atoms with van der Waals surface area (Å²) in [4.78, 5) is 17.7. The number of hydrogen-bond donors (Lipinski definition) is 2. The Morgan fingerprint density at radius 3 is 2.57 bits per heavy atom. The Bertz CT molecular complexity index is 555. The molecule has 1 saturated carbocycles. The Morgan fingerprint density at radius 1 is 1.35 bits per heavy atom. The first-order valence-corrected chi connectivity index (χ1v) is 7.80. The topological polar surface area (TPSA) is 56.7 Å². The number of rotatable bonds is 5. The van der Waals surface area contributed by atoms with Gasteiger partial charge < -0.3 is 15.5 Å². The van der Waals surface area contributed by atoms with Crippen LogP contribution < -0.4 is 10.6 Å². The Kier molecular flexibility index (Phi) is 7.81. The highest BCUT2D eigenvalue weighted by atomic mass is 127. The van der Waals surface area contributed by atoms with Crippen molar-refractivity contribution < 1.29 is 4.79 Å². The van der Waals surface area contributed by atoms with E-state index in [2.05, 4.69) is 41.6 Å². The van der Waals surface area contributed by atoms with Gasteiger partial charge in [-0.15, -0.1) is 24.0 Å². The standard InChI is InChI=1S/C17H26N4O.HI/c1-12-7-5-6-8-15(12)13(2)19-17(20-14-9-10-14)18-11-16(22)21(3)4;/h5-8,13-14H,9-11H2,1-4H3,(H2,18,19,20);1H. The van der Waals surface area contributed by atoms with E-state index >= 15 is 0 Å². The van der Waals surface area contributed by atoms with Crippen LogP contribution in [0.5, 0.6) is 0 Å². The maximum absolute atomic E-state index is 11.7. The number of carbonyl (C=O) groups is 1. The van der Waals surface area contributed by atoms with Gasteiger partial charge in [0.2, 0.25) is 5.91 Å². The quantitative estimate of drug-likeness (QED) is 0.429. The minimum Gasteiger partial charge on any atom is -0.354 e. The van der Waals surface area contributed by atoms with Crippen LogP contribution in [0.1, 0.15) is 36.9 Å². The highest BCUT2D eigenvalue weighted by molar-refractivity contribution is 14.0. The van der Waals surface area contributed by atoms with Crippen molar-refractivity contribution in [2.45, 2.75) is 38.8 Å². The van der Waals surface area contributed by atoms with Crippen molar-refractivity contribution in [3.05, 3.63) is 35.4 Å². The van der Waals surface area contributed by atoms with Crippen LogP contribution in [0.2, 0.25) is 0 Å². The lowest BCUT2D eigenvalue weighted by atomic mass is 10.0. The highest BCUT2D eigenvalue weighted by Crippen LogP contribution is 2.20. The zero-order chi connectivity index (χ0) is 16.1. The SMILES string of the molecule is Cc1ccccc1C(C)NC(=NCC(=O)N(C)C)NC1CC1.I. The van der Waals surface area contributed by atoms with Crippen molar-refractivity contribution in [3.8, 4) is 0 Å². The molecule has 0 saturated heterocycles. The fourth-order valence-corrected chi connectivity index (χ4v) is 2.20. The number of nitrogens with zero attached hydrogens (tertiary/aromatic N) is 2. The Hall–Kier alpha value is -1.31. The van der Waals surface area contributed by atoms with Crippen LogP contribution in [-0.2, 0) is 4.79 Å². The number of halogens is 1. The van der Waals surface area contributed by atoms with Crippen molar-refractivity contribution >= 4 is 35.8 Å². The van der Waals surface area contributed by atoms with Gasteiger partial charge in [-0.05, 0) is 37.8 Å². The number of aliphatic imine (C=N–C) groups is 1. The van der Waals surface area contributed by atoms with E-state index in [0.29, 0.717) is 12.0 Å². The van der Waals surface area contributed by atoms with Crippen LogP contribution in [-0.4, -0.2) is 43.4 Å². The third-order valence-corrected chi connectivity index (χ3v) is 3.80. The summed E-state index contributed by atoms with van der Waals surface area (Å²) in [7, 11) is 3.49. The largest absolute Gasteiger partial charge is 0.354 e. The molecule has 1 aromatic carbocycles. The molecule has 2 rings (SSSR count). The number of likely N-dealkylation sites (N-methyl/N-ethyl adjacent to an activating group) is 1. The second kappa shape index (κ2) is 9.10. The summed E-state index contributed by atoms with van der Waals surface area (Å²) in [6.07, 6.45) is 2.34. The van der Waals surface area contributed by atoms with E-state index in [1.165, 1.54) is 24.0 Å². The van der Waals surface area contributed by atoms with Gasteiger partial charge in [-0.2, -0.15) is 0 Å². The van der Waals surface area contributed by atoms with Crippen LogP contribution in [0.4, 0.5) is 0 Å². The summed E-state index contributed by atoms with van der Waals surface area (Å²) in [5.74, 6) is 0.717. The van der Waals surface area contributed by atoms with E-state index in [9.17, 15) is 4.79 Å². The minimum atomic E-state index is 0. The van der Waals surface area contributed by atoms with Crippen LogP contribution in [0.3, 0.4) is 0 Å². The van der Waals surface area contributed by atoms with Gasteiger partial charge in [0, 0.05) is 20.1 Å². The molecule has 0 bridgehead atoms. The van der Waals surface area contributed by atoms with E-state index < -0.39 is 0 Å². The Labute approximate surface area is 156 Å². The van der Waals surface area contributed by atoms with E-state index in [0.717, 1.165) is 0 Å². The molecule has 23 heavy (non-hydrogen) atoms.